The van der Waals surface area contributed by atoms with Gasteiger partial charge in [-0.1, -0.05) is 66.7 Å². The Labute approximate surface area is 130 Å². The Bertz CT molecular complexity index is 1130. The lowest BCUT2D eigenvalue weighted by Crippen LogP contribution is -2.04. The van der Waals surface area contributed by atoms with Crippen LogP contribution in [0.15, 0.2) is 66.7 Å². The van der Waals surface area contributed by atoms with Gasteiger partial charge >= 0.3 is 0 Å². The van der Waals surface area contributed by atoms with Gasteiger partial charge in [0, 0.05) is 0 Å². The maximum absolute atomic E-state index is 2.91. The highest BCUT2D eigenvalue weighted by Gasteiger charge is 2.12. The van der Waals surface area contributed by atoms with Crippen molar-refractivity contribution in [3.05, 3.63) is 66.7 Å². The second-order valence-corrected chi connectivity index (χ2v) is 6.26. The van der Waals surface area contributed by atoms with Crippen LogP contribution in [-0.4, -0.2) is 16.3 Å². The van der Waals surface area contributed by atoms with Crippen LogP contribution in [0.25, 0.3) is 43.1 Å². The quantitative estimate of drug-likeness (QED) is 0.222. The summed E-state index contributed by atoms with van der Waals surface area (Å²) in [7, 11) is 0. The van der Waals surface area contributed by atoms with Gasteiger partial charge in [0.2, 0.25) is 0 Å². The van der Waals surface area contributed by atoms with Gasteiger partial charge in [-0.2, -0.15) is 0 Å². The van der Waals surface area contributed by atoms with E-state index in [4.69, 9.17) is 0 Å². The molecule has 0 spiro atoms. The third-order valence-electron chi connectivity index (χ3n) is 4.54. The number of fused-ring (bicyclic) bond motifs is 2. The van der Waals surface area contributed by atoms with E-state index in [1.165, 1.54) is 47.5 Å². The lowest BCUT2D eigenvalue weighted by Gasteiger charge is -2.16. The van der Waals surface area contributed by atoms with E-state index in [0.717, 1.165) is 0 Å². The Balaban J connectivity index is 2.32. The van der Waals surface area contributed by atoms with Gasteiger partial charge < -0.3 is 0 Å². The van der Waals surface area contributed by atoms with E-state index < -0.39 is 0 Å². The van der Waals surface area contributed by atoms with Gasteiger partial charge in [-0.05, 0) is 43.1 Å². The van der Waals surface area contributed by atoms with Crippen LogP contribution in [0.3, 0.4) is 0 Å². The molecule has 0 heterocycles. The second-order valence-electron chi connectivity index (χ2n) is 5.64. The largest absolute Gasteiger partial charge is 0.176 e. The predicted octanol–water partition coefficient (Wildman–Crippen LogP) is 4.53. The topological polar surface area (TPSA) is 0 Å². The van der Waals surface area contributed by atoms with Gasteiger partial charge in [0.05, 0.1) is 0 Å². The van der Waals surface area contributed by atoms with Crippen LogP contribution >= 0.6 is 0 Å². The Hall–Kier alpha value is -2.07. The third-order valence-corrected chi connectivity index (χ3v) is 5.02. The highest BCUT2D eigenvalue weighted by atomic mass is 27.0. The van der Waals surface area contributed by atoms with Gasteiger partial charge in [0.15, 0.2) is 16.3 Å². The molecule has 21 heavy (non-hydrogen) atoms. The maximum Gasteiger partial charge on any atom is 0.176 e. The molecule has 0 N–H and O–H groups in total. The van der Waals surface area contributed by atoms with Crippen molar-refractivity contribution in [1.29, 1.82) is 0 Å². The van der Waals surface area contributed by atoms with Crippen LogP contribution in [0.2, 0.25) is 0 Å². The molecule has 0 aliphatic carbocycles. The van der Waals surface area contributed by atoms with Crippen LogP contribution < -0.4 is 4.43 Å². The molecule has 0 unspecified atom stereocenters. The van der Waals surface area contributed by atoms with Crippen molar-refractivity contribution < 1.29 is 0 Å². The zero-order chi connectivity index (χ0) is 14.0. The smallest absolute Gasteiger partial charge is 0.131 e. The third kappa shape index (κ3) is 1.40. The van der Waals surface area contributed by atoms with E-state index >= 15 is 0 Å². The van der Waals surface area contributed by atoms with Crippen molar-refractivity contribution in [1.82, 2.24) is 0 Å². The first-order valence-electron chi connectivity index (χ1n) is 7.18. The fourth-order valence-corrected chi connectivity index (χ4v) is 4.08. The van der Waals surface area contributed by atoms with Crippen LogP contribution in [-0.2, 0) is 0 Å². The Morgan fingerprint density at radius 2 is 1.05 bits per heavy atom. The van der Waals surface area contributed by atoms with Crippen molar-refractivity contribution >= 4 is 63.8 Å². The molecule has 1 heteroatoms. The summed E-state index contributed by atoms with van der Waals surface area (Å²) in [5.74, 6) is 0. The number of hydrogen-bond acceptors (Lipinski definition) is 0. The zero-order valence-electron chi connectivity index (χ0n) is 11.4. The van der Waals surface area contributed by atoms with Gasteiger partial charge in [-0.15, -0.1) is 4.43 Å². The molecule has 0 bridgehead atoms. The van der Waals surface area contributed by atoms with E-state index in [1.54, 1.807) is 0 Å². The summed E-state index contributed by atoms with van der Waals surface area (Å²) < 4.78 is 1.27. The minimum absolute atomic E-state index is 1.27. The normalized spacial score (nSPS) is 12.0. The average molecular weight is 278 g/mol. The summed E-state index contributed by atoms with van der Waals surface area (Å²) in [6, 6.07) is 24.3. The van der Waals surface area contributed by atoms with Crippen molar-refractivity contribution in [3.8, 4) is 0 Å². The number of benzene rings is 5. The maximum atomic E-state index is 2.91. The Morgan fingerprint density at radius 3 is 1.76 bits per heavy atom. The lowest BCUT2D eigenvalue weighted by atomic mass is 9.90. The molecule has 0 saturated carbocycles. The highest BCUT2D eigenvalue weighted by Crippen LogP contribution is 2.38. The molecule has 94 valence electrons. The molecule has 0 atom stereocenters. The van der Waals surface area contributed by atoms with Gasteiger partial charge in [0.25, 0.3) is 0 Å². The molecule has 0 aromatic heterocycles. The first-order chi connectivity index (χ1) is 10.3. The molecule has 5 aromatic rings. The SMILES string of the molecule is [Al][c]1ccc2cccc3c4cccc5cccc(c1c23)c54. The van der Waals surface area contributed by atoms with Gasteiger partial charge in [-0.25, -0.2) is 0 Å². The average Bonchev–Trinajstić information content (AvgIpc) is 2.53. The summed E-state index contributed by atoms with van der Waals surface area (Å²) in [5, 5.41) is 10.9. The van der Waals surface area contributed by atoms with Gasteiger partial charge in [0.1, 0.15) is 0 Å². The fourth-order valence-electron chi connectivity index (χ4n) is 3.68. The fraction of sp³-hybridized carbons (Fsp3) is 0. The molecule has 0 fully saturated rings. The number of rotatable bonds is 0. The van der Waals surface area contributed by atoms with E-state index in [-0.39, 0.29) is 0 Å². The zero-order valence-corrected chi connectivity index (χ0v) is 12.6. The first-order valence-corrected chi connectivity index (χ1v) is 7.76. The van der Waals surface area contributed by atoms with Crippen LogP contribution in [0.4, 0.5) is 0 Å². The van der Waals surface area contributed by atoms with Crippen LogP contribution in [0.1, 0.15) is 0 Å². The van der Waals surface area contributed by atoms with Gasteiger partial charge in [-0.3, -0.25) is 0 Å². The molecule has 0 amide bonds. The highest BCUT2D eigenvalue weighted by molar-refractivity contribution is 6.46. The summed E-state index contributed by atoms with van der Waals surface area (Å²) >= 11 is 2.91. The van der Waals surface area contributed by atoms with Crippen LogP contribution in [0, 0.1) is 0 Å². The summed E-state index contributed by atoms with van der Waals surface area (Å²) in [4.78, 5) is 0. The minimum atomic E-state index is 1.27. The second kappa shape index (κ2) is 3.98. The van der Waals surface area contributed by atoms with Crippen molar-refractivity contribution in [3.63, 3.8) is 0 Å². The standard InChI is InChI=1S/C20H11.Al/c1-5-13-6-2-11-17-18-12-4-8-14-7-3-10-16(20(14)18)15(9-1)19(13)17;/h1-11H;. The molecule has 0 nitrogen and oxygen atoms in total. The molecular formula is C20H11Al. The van der Waals surface area contributed by atoms with Crippen LogP contribution in [0.5, 0.6) is 0 Å². The molecule has 0 aliphatic heterocycles. The summed E-state index contributed by atoms with van der Waals surface area (Å²) in [5.41, 5.74) is 0. The predicted molar refractivity (Wildman–Crippen MR) is 93.0 cm³/mol. The molecule has 5 aromatic carbocycles. The van der Waals surface area contributed by atoms with Crippen molar-refractivity contribution in [2.24, 2.45) is 0 Å². The molecule has 0 aliphatic rings. The Kier molecular flexibility index (Phi) is 2.20. The van der Waals surface area contributed by atoms with E-state index in [9.17, 15) is 0 Å². The van der Waals surface area contributed by atoms with E-state index in [2.05, 4.69) is 83.0 Å². The Morgan fingerprint density at radius 1 is 0.476 bits per heavy atom. The molecular weight excluding hydrogens is 267 g/mol. The van der Waals surface area contributed by atoms with E-state index in [0.29, 0.717) is 0 Å². The molecule has 2 radical (unpaired) electrons. The minimum Gasteiger partial charge on any atom is -0.131 e. The molecule has 5 rings (SSSR count). The molecule has 0 saturated heterocycles. The summed E-state index contributed by atoms with van der Waals surface area (Å²) in [6.45, 7) is 0. The monoisotopic (exact) mass is 278 g/mol. The lowest BCUT2D eigenvalue weighted by molar-refractivity contribution is 1.80. The first kappa shape index (κ1) is 11.6. The summed E-state index contributed by atoms with van der Waals surface area (Å²) in [6.07, 6.45) is 0. The number of hydrogen-bond donors (Lipinski definition) is 0. The van der Waals surface area contributed by atoms with Crippen molar-refractivity contribution in [2.45, 2.75) is 0 Å². The van der Waals surface area contributed by atoms with E-state index in [1.807, 2.05) is 0 Å². The van der Waals surface area contributed by atoms with Crippen molar-refractivity contribution in [2.75, 3.05) is 0 Å².